The van der Waals surface area contributed by atoms with Crippen LogP contribution in [0.4, 0.5) is 0 Å². The zero-order chi connectivity index (χ0) is 14.9. The molecule has 0 fully saturated rings. The van der Waals surface area contributed by atoms with Crippen molar-refractivity contribution >= 4 is 0 Å². The number of nitrogens with zero attached hydrogens (tertiary/aromatic N) is 2. The first-order chi connectivity index (χ1) is 10.3. The molecule has 2 N–H and O–H groups in total. The summed E-state index contributed by atoms with van der Waals surface area (Å²) in [5.74, 6) is 0. The molecule has 2 aromatic rings. The molecule has 0 aliphatic carbocycles. The highest BCUT2D eigenvalue weighted by Gasteiger charge is 2.09. The van der Waals surface area contributed by atoms with Crippen LogP contribution in [0.2, 0.25) is 0 Å². The molecule has 5 nitrogen and oxygen atoms in total. The lowest BCUT2D eigenvalue weighted by Gasteiger charge is -2.17. The van der Waals surface area contributed by atoms with Crippen LogP contribution in [0.3, 0.4) is 0 Å². The minimum atomic E-state index is -0.501. The number of nitrogens with one attached hydrogen (secondary N) is 1. The van der Waals surface area contributed by atoms with Gasteiger partial charge in [-0.05, 0) is 12.5 Å². The third-order valence-corrected chi connectivity index (χ3v) is 3.29. The van der Waals surface area contributed by atoms with Crippen LogP contribution in [0.5, 0.6) is 0 Å². The Morgan fingerprint density at radius 3 is 2.86 bits per heavy atom. The van der Waals surface area contributed by atoms with Crippen molar-refractivity contribution in [2.24, 2.45) is 0 Å². The summed E-state index contributed by atoms with van der Waals surface area (Å²) in [6.07, 6.45) is 4.95. The molecular weight excluding hydrogens is 266 g/mol. The van der Waals surface area contributed by atoms with Gasteiger partial charge in [0.2, 0.25) is 0 Å². The topological polar surface area (TPSA) is 59.3 Å². The number of aliphatic hydroxyl groups is 1. The highest BCUT2D eigenvalue weighted by atomic mass is 16.5. The van der Waals surface area contributed by atoms with E-state index in [-0.39, 0.29) is 6.10 Å². The maximum atomic E-state index is 9.90. The summed E-state index contributed by atoms with van der Waals surface area (Å²) < 4.78 is 7.68. The Kier molecular flexibility index (Phi) is 6.40. The maximum absolute atomic E-state index is 9.90. The van der Waals surface area contributed by atoms with E-state index >= 15 is 0 Å². The molecule has 114 valence electrons. The number of aromatic nitrogens is 2. The van der Waals surface area contributed by atoms with Crippen molar-refractivity contribution in [3.63, 3.8) is 0 Å². The molecule has 1 heterocycles. The smallest absolute Gasteiger partial charge is 0.0946 e. The summed E-state index contributed by atoms with van der Waals surface area (Å²) in [6.45, 7) is 4.48. The van der Waals surface area contributed by atoms with Gasteiger partial charge in [-0.15, -0.1) is 0 Å². The molecule has 0 saturated carbocycles. The number of ether oxygens (including phenoxy) is 1. The quantitative estimate of drug-likeness (QED) is 0.689. The molecule has 0 bridgehead atoms. The predicted molar refractivity (Wildman–Crippen MR) is 81.9 cm³/mol. The fourth-order valence-electron chi connectivity index (χ4n) is 2.03. The van der Waals surface area contributed by atoms with E-state index in [1.807, 2.05) is 48.0 Å². The SMILES string of the molecule is CC(OCC(O)CNCCn1ccnc1)c1ccccc1. The minimum absolute atomic E-state index is 0.00759. The average molecular weight is 289 g/mol. The van der Waals surface area contributed by atoms with Crippen LogP contribution in [0.1, 0.15) is 18.6 Å². The van der Waals surface area contributed by atoms with E-state index in [2.05, 4.69) is 10.3 Å². The molecule has 0 aliphatic heterocycles. The van der Waals surface area contributed by atoms with Crippen molar-refractivity contribution in [3.05, 3.63) is 54.6 Å². The summed E-state index contributed by atoms with van der Waals surface area (Å²) in [4.78, 5) is 3.98. The van der Waals surface area contributed by atoms with Gasteiger partial charge in [-0.3, -0.25) is 0 Å². The first kappa shape index (κ1) is 15.7. The van der Waals surface area contributed by atoms with Gasteiger partial charge in [0.15, 0.2) is 0 Å². The van der Waals surface area contributed by atoms with Gasteiger partial charge in [-0.2, -0.15) is 0 Å². The first-order valence-electron chi connectivity index (χ1n) is 7.27. The second-order valence-corrected chi connectivity index (χ2v) is 5.04. The third-order valence-electron chi connectivity index (χ3n) is 3.29. The van der Waals surface area contributed by atoms with Gasteiger partial charge in [0, 0.05) is 32.0 Å². The number of rotatable bonds is 9. The Morgan fingerprint density at radius 1 is 1.33 bits per heavy atom. The molecule has 0 amide bonds. The lowest BCUT2D eigenvalue weighted by Crippen LogP contribution is -2.32. The lowest BCUT2D eigenvalue weighted by atomic mass is 10.1. The summed E-state index contributed by atoms with van der Waals surface area (Å²) in [5.41, 5.74) is 1.12. The Balaban J connectivity index is 1.58. The zero-order valence-corrected chi connectivity index (χ0v) is 12.4. The van der Waals surface area contributed by atoms with E-state index < -0.39 is 6.10 Å². The molecule has 0 saturated heterocycles. The Labute approximate surface area is 125 Å². The predicted octanol–water partition coefficient (Wildman–Crippen LogP) is 1.61. The first-order valence-corrected chi connectivity index (χ1v) is 7.27. The van der Waals surface area contributed by atoms with E-state index in [0.29, 0.717) is 13.2 Å². The normalized spacial score (nSPS) is 14.0. The zero-order valence-electron chi connectivity index (χ0n) is 12.4. The van der Waals surface area contributed by atoms with Gasteiger partial charge < -0.3 is 19.7 Å². The molecular formula is C16H23N3O2. The molecule has 21 heavy (non-hydrogen) atoms. The van der Waals surface area contributed by atoms with Gasteiger partial charge in [-0.25, -0.2) is 4.98 Å². The Morgan fingerprint density at radius 2 is 2.14 bits per heavy atom. The molecule has 0 aliphatic rings. The molecule has 2 rings (SSSR count). The van der Waals surface area contributed by atoms with Crippen molar-refractivity contribution in [2.75, 3.05) is 19.7 Å². The highest BCUT2D eigenvalue weighted by Crippen LogP contribution is 2.15. The second kappa shape index (κ2) is 8.56. The third kappa shape index (κ3) is 5.67. The van der Waals surface area contributed by atoms with Crippen molar-refractivity contribution in [3.8, 4) is 0 Å². The van der Waals surface area contributed by atoms with Crippen LogP contribution >= 0.6 is 0 Å². The summed E-state index contributed by atoms with van der Waals surface area (Å²) in [7, 11) is 0. The van der Waals surface area contributed by atoms with Gasteiger partial charge in [0.05, 0.1) is 25.1 Å². The average Bonchev–Trinajstić information content (AvgIpc) is 3.03. The molecule has 2 atom stereocenters. The van der Waals surface area contributed by atoms with E-state index in [1.165, 1.54) is 0 Å². The van der Waals surface area contributed by atoms with Crippen molar-refractivity contribution in [1.82, 2.24) is 14.9 Å². The molecule has 0 radical (unpaired) electrons. The monoisotopic (exact) mass is 289 g/mol. The summed E-state index contributed by atoms with van der Waals surface area (Å²) in [5, 5.41) is 13.1. The number of benzene rings is 1. The van der Waals surface area contributed by atoms with E-state index in [0.717, 1.165) is 18.7 Å². The van der Waals surface area contributed by atoms with E-state index in [4.69, 9.17) is 4.74 Å². The Bertz CT molecular complexity index is 487. The van der Waals surface area contributed by atoms with Crippen LogP contribution in [0, 0.1) is 0 Å². The molecule has 1 aromatic heterocycles. The molecule has 5 heteroatoms. The van der Waals surface area contributed by atoms with Crippen LogP contribution < -0.4 is 5.32 Å². The largest absolute Gasteiger partial charge is 0.389 e. The molecule has 1 aromatic carbocycles. The number of aliphatic hydroxyl groups excluding tert-OH is 1. The number of imidazole rings is 1. The van der Waals surface area contributed by atoms with Crippen LogP contribution in [-0.2, 0) is 11.3 Å². The van der Waals surface area contributed by atoms with E-state index in [1.54, 1.807) is 12.5 Å². The molecule has 2 unspecified atom stereocenters. The van der Waals surface area contributed by atoms with Gasteiger partial charge >= 0.3 is 0 Å². The Hall–Kier alpha value is -1.69. The minimum Gasteiger partial charge on any atom is -0.389 e. The fraction of sp³-hybridized carbons (Fsp3) is 0.438. The number of hydrogen-bond donors (Lipinski definition) is 2. The van der Waals surface area contributed by atoms with Crippen LogP contribution in [-0.4, -0.2) is 40.5 Å². The highest BCUT2D eigenvalue weighted by molar-refractivity contribution is 5.16. The second-order valence-electron chi connectivity index (χ2n) is 5.04. The van der Waals surface area contributed by atoms with Crippen LogP contribution in [0.15, 0.2) is 49.1 Å². The van der Waals surface area contributed by atoms with Crippen LogP contribution in [0.25, 0.3) is 0 Å². The van der Waals surface area contributed by atoms with Crippen molar-refractivity contribution < 1.29 is 9.84 Å². The summed E-state index contributed by atoms with van der Waals surface area (Å²) in [6, 6.07) is 10.0. The molecule has 0 spiro atoms. The fourth-order valence-corrected chi connectivity index (χ4v) is 2.03. The van der Waals surface area contributed by atoms with Crippen molar-refractivity contribution in [1.29, 1.82) is 0 Å². The number of hydrogen-bond acceptors (Lipinski definition) is 4. The van der Waals surface area contributed by atoms with Gasteiger partial charge in [0.1, 0.15) is 0 Å². The maximum Gasteiger partial charge on any atom is 0.0946 e. The summed E-state index contributed by atoms with van der Waals surface area (Å²) >= 11 is 0. The van der Waals surface area contributed by atoms with Gasteiger partial charge in [-0.1, -0.05) is 30.3 Å². The standard InChI is InChI=1S/C16H23N3O2/c1-14(15-5-3-2-4-6-15)21-12-16(20)11-17-7-9-19-10-8-18-13-19/h2-6,8,10,13-14,16-17,20H,7,9,11-12H2,1H3. The lowest BCUT2D eigenvalue weighted by molar-refractivity contribution is -0.00200. The van der Waals surface area contributed by atoms with Gasteiger partial charge in [0.25, 0.3) is 0 Å². The van der Waals surface area contributed by atoms with Crippen molar-refractivity contribution in [2.45, 2.75) is 25.7 Å². The van der Waals surface area contributed by atoms with E-state index in [9.17, 15) is 5.11 Å².